The van der Waals surface area contributed by atoms with Crippen molar-refractivity contribution in [2.24, 2.45) is 5.92 Å². The second kappa shape index (κ2) is 5.38. The first-order valence-corrected chi connectivity index (χ1v) is 6.60. The van der Waals surface area contributed by atoms with Gasteiger partial charge in [0.15, 0.2) is 0 Å². The fourth-order valence-electron chi connectivity index (χ4n) is 2.62. The monoisotopic (exact) mass is 217 g/mol. The molecule has 0 aliphatic carbocycles. The highest BCUT2D eigenvalue weighted by atomic mass is 14.9. The van der Waals surface area contributed by atoms with Crippen LogP contribution < -0.4 is 5.32 Å². The van der Waals surface area contributed by atoms with Gasteiger partial charge in [-0.1, -0.05) is 44.9 Å². The average Bonchev–Trinajstić information content (AvgIpc) is 2.29. The van der Waals surface area contributed by atoms with Crippen molar-refractivity contribution < 1.29 is 0 Å². The number of hydrogen-bond acceptors (Lipinski definition) is 1. The number of fused-ring (bicyclic) bond motifs is 1. The van der Waals surface area contributed by atoms with Crippen molar-refractivity contribution in [3.05, 3.63) is 29.8 Å². The molecule has 1 heterocycles. The summed E-state index contributed by atoms with van der Waals surface area (Å²) in [4.78, 5) is 0. The van der Waals surface area contributed by atoms with E-state index in [4.69, 9.17) is 0 Å². The van der Waals surface area contributed by atoms with Gasteiger partial charge >= 0.3 is 0 Å². The molecule has 1 aliphatic heterocycles. The predicted molar refractivity (Wildman–Crippen MR) is 71.0 cm³/mol. The smallest absolute Gasteiger partial charge is 0.0375 e. The molecule has 0 saturated carbocycles. The van der Waals surface area contributed by atoms with Crippen molar-refractivity contribution in [3.8, 4) is 0 Å². The molecule has 1 unspecified atom stereocenters. The maximum atomic E-state index is 3.49. The van der Waals surface area contributed by atoms with Crippen LogP contribution in [0.5, 0.6) is 0 Å². The Bertz CT molecular complexity index is 330. The Morgan fingerprint density at radius 3 is 2.94 bits per heavy atom. The van der Waals surface area contributed by atoms with E-state index in [1.165, 1.54) is 36.9 Å². The van der Waals surface area contributed by atoms with Gasteiger partial charge in [0.25, 0.3) is 0 Å². The number of nitrogens with one attached hydrogen (secondary N) is 1. The van der Waals surface area contributed by atoms with E-state index in [0.29, 0.717) is 0 Å². The Labute approximate surface area is 99.3 Å². The minimum atomic E-state index is 0.788. The SMILES string of the molecule is CC(C)CCCC1CCNc2ccccc21. The summed E-state index contributed by atoms with van der Waals surface area (Å²) in [6.07, 6.45) is 5.40. The zero-order chi connectivity index (χ0) is 11.4. The molecule has 1 aliphatic rings. The molecule has 1 heteroatoms. The van der Waals surface area contributed by atoms with Crippen LogP contribution in [0.15, 0.2) is 24.3 Å². The molecule has 1 atom stereocenters. The minimum Gasteiger partial charge on any atom is -0.385 e. The molecule has 0 fully saturated rings. The summed E-state index contributed by atoms with van der Waals surface area (Å²) in [6.45, 7) is 5.77. The molecule has 1 nitrogen and oxygen atoms in total. The van der Waals surface area contributed by atoms with Gasteiger partial charge in [-0.2, -0.15) is 0 Å². The summed E-state index contributed by atoms with van der Waals surface area (Å²) >= 11 is 0. The predicted octanol–water partition coefficient (Wildman–Crippen LogP) is 4.41. The zero-order valence-electron chi connectivity index (χ0n) is 10.5. The number of para-hydroxylation sites is 1. The van der Waals surface area contributed by atoms with E-state index in [9.17, 15) is 0 Å². The molecule has 0 aromatic heterocycles. The van der Waals surface area contributed by atoms with Gasteiger partial charge in [-0.15, -0.1) is 0 Å². The molecule has 1 aromatic carbocycles. The molecule has 0 radical (unpaired) electrons. The van der Waals surface area contributed by atoms with Crippen LogP contribution in [0.3, 0.4) is 0 Å². The topological polar surface area (TPSA) is 12.0 Å². The molecular weight excluding hydrogens is 194 g/mol. The van der Waals surface area contributed by atoms with E-state index < -0.39 is 0 Å². The van der Waals surface area contributed by atoms with Crippen molar-refractivity contribution in [1.82, 2.24) is 0 Å². The van der Waals surface area contributed by atoms with Gasteiger partial charge < -0.3 is 5.32 Å². The van der Waals surface area contributed by atoms with Gasteiger partial charge in [0.05, 0.1) is 0 Å². The maximum absolute atomic E-state index is 3.49. The number of rotatable bonds is 4. The summed E-state index contributed by atoms with van der Waals surface area (Å²) in [7, 11) is 0. The minimum absolute atomic E-state index is 0.788. The normalized spacial score (nSPS) is 19.3. The van der Waals surface area contributed by atoms with Gasteiger partial charge in [0.1, 0.15) is 0 Å². The first-order valence-electron chi connectivity index (χ1n) is 6.60. The lowest BCUT2D eigenvalue weighted by molar-refractivity contribution is 0.485. The Hall–Kier alpha value is -0.980. The molecule has 1 N–H and O–H groups in total. The van der Waals surface area contributed by atoms with Gasteiger partial charge in [-0.3, -0.25) is 0 Å². The number of benzene rings is 1. The highest BCUT2D eigenvalue weighted by Gasteiger charge is 2.18. The lowest BCUT2D eigenvalue weighted by Gasteiger charge is -2.26. The van der Waals surface area contributed by atoms with Crippen LogP contribution >= 0.6 is 0 Å². The second-order valence-corrected chi connectivity index (χ2v) is 5.32. The van der Waals surface area contributed by atoms with Crippen molar-refractivity contribution >= 4 is 5.69 Å². The Morgan fingerprint density at radius 2 is 2.12 bits per heavy atom. The van der Waals surface area contributed by atoms with E-state index in [2.05, 4.69) is 43.4 Å². The third-order valence-electron chi connectivity index (χ3n) is 3.54. The van der Waals surface area contributed by atoms with Crippen molar-refractivity contribution in [1.29, 1.82) is 0 Å². The second-order valence-electron chi connectivity index (χ2n) is 5.32. The first-order chi connectivity index (χ1) is 7.77. The quantitative estimate of drug-likeness (QED) is 0.787. The van der Waals surface area contributed by atoms with Crippen LogP contribution in [0.1, 0.15) is 51.0 Å². The number of hydrogen-bond donors (Lipinski definition) is 1. The molecule has 0 spiro atoms. The van der Waals surface area contributed by atoms with Crippen molar-refractivity contribution in [3.63, 3.8) is 0 Å². The average molecular weight is 217 g/mol. The third-order valence-corrected chi connectivity index (χ3v) is 3.54. The van der Waals surface area contributed by atoms with Gasteiger partial charge in [0, 0.05) is 12.2 Å². The van der Waals surface area contributed by atoms with Gasteiger partial charge in [0.2, 0.25) is 0 Å². The highest BCUT2D eigenvalue weighted by molar-refractivity contribution is 5.54. The molecule has 2 rings (SSSR count). The standard InChI is InChI=1S/C15H23N/c1-12(2)6-5-7-13-10-11-16-15-9-4-3-8-14(13)15/h3-4,8-9,12-13,16H,5-7,10-11H2,1-2H3. The lowest BCUT2D eigenvalue weighted by Crippen LogP contribution is -2.16. The van der Waals surface area contributed by atoms with Crippen LogP contribution in [-0.2, 0) is 0 Å². The molecule has 16 heavy (non-hydrogen) atoms. The van der Waals surface area contributed by atoms with Crippen LogP contribution in [0.2, 0.25) is 0 Å². The molecule has 0 bridgehead atoms. The Morgan fingerprint density at radius 1 is 1.31 bits per heavy atom. The van der Waals surface area contributed by atoms with Crippen LogP contribution in [0.25, 0.3) is 0 Å². The molecular formula is C15H23N. The van der Waals surface area contributed by atoms with Crippen LogP contribution in [0.4, 0.5) is 5.69 Å². The van der Waals surface area contributed by atoms with Gasteiger partial charge in [-0.25, -0.2) is 0 Å². The van der Waals surface area contributed by atoms with E-state index in [1.54, 1.807) is 0 Å². The summed E-state index contributed by atoms with van der Waals surface area (Å²) in [5, 5.41) is 3.49. The molecule has 0 saturated heterocycles. The van der Waals surface area contributed by atoms with E-state index in [0.717, 1.165) is 18.4 Å². The van der Waals surface area contributed by atoms with Crippen molar-refractivity contribution in [2.45, 2.75) is 45.4 Å². The summed E-state index contributed by atoms with van der Waals surface area (Å²) in [5.41, 5.74) is 2.90. The molecule has 0 amide bonds. The molecule has 1 aromatic rings. The maximum Gasteiger partial charge on any atom is 0.0375 e. The zero-order valence-corrected chi connectivity index (χ0v) is 10.5. The van der Waals surface area contributed by atoms with Crippen molar-refractivity contribution in [2.75, 3.05) is 11.9 Å². The summed E-state index contributed by atoms with van der Waals surface area (Å²) in [6, 6.07) is 8.80. The number of anilines is 1. The van der Waals surface area contributed by atoms with E-state index in [-0.39, 0.29) is 0 Å². The van der Waals surface area contributed by atoms with E-state index >= 15 is 0 Å². The summed E-state index contributed by atoms with van der Waals surface area (Å²) < 4.78 is 0. The van der Waals surface area contributed by atoms with Gasteiger partial charge in [-0.05, 0) is 36.3 Å². The fraction of sp³-hybridized carbons (Fsp3) is 0.600. The Balaban J connectivity index is 1.96. The largest absolute Gasteiger partial charge is 0.385 e. The third kappa shape index (κ3) is 2.78. The fourth-order valence-corrected chi connectivity index (χ4v) is 2.62. The highest BCUT2D eigenvalue weighted by Crippen LogP contribution is 2.34. The van der Waals surface area contributed by atoms with Crippen LogP contribution in [0, 0.1) is 5.92 Å². The Kier molecular flexibility index (Phi) is 3.87. The van der Waals surface area contributed by atoms with E-state index in [1.807, 2.05) is 0 Å². The summed E-state index contributed by atoms with van der Waals surface area (Å²) in [5.74, 6) is 1.63. The van der Waals surface area contributed by atoms with Crippen LogP contribution in [-0.4, -0.2) is 6.54 Å². The first kappa shape index (κ1) is 11.5. The lowest BCUT2D eigenvalue weighted by atomic mass is 9.86. The molecule has 88 valence electrons.